The van der Waals surface area contributed by atoms with Gasteiger partial charge in [-0.2, -0.15) is 0 Å². The van der Waals surface area contributed by atoms with Crippen LogP contribution in [0.3, 0.4) is 0 Å². The van der Waals surface area contributed by atoms with Crippen LogP contribution in [0, 0.1) is 0 Å². The standard InChI is InChI=1S/C10H10N2O2S/c1-2-9-12-8(5-15-9)6-3-7(10(13)14)11-4-6/h3-5,11H,2H2,1H3,(H,13,14). The van der Waals surface area contributed by atoms with Gasteiger partial charge in [-0.25, -0.2) is 9.78 Å². The molecular weight excluding hydrogens is 212 g/mol. The minimum Gasteiger partial charge on any atom is -0.477 e. The average molecular weight is 222 g/mol. The van der Waals surface area contributed by atoms with Gasteiger partial charge in [-0.3, -0.25) is 0 Å². The highest BCUT2D eigenvalue weighted by atomic mass is 32.1. The fraction of sp³-hybridized carbons (Fsp3) is 0.200. The third kappa shape index (κ3) is 1.92. The molecule has 4 nitrogen and oxygen atoms in total. The van der Waals surface area contributed by atoms with Crippen molar-refractivity contribution in [3.63, 3.8) is 0 Å². The zero-order valence-corrected chi connectivity index (χ0v) is 8.97. The van der Waals surface area contributed by atoms with Crippen molar-refractivity contribution in [1.29, 1.82) is 0 Å². The summed E-state index contributed by atoms with van der Waals surface area (Å²) in [5.74, 6) is -0.952. The van der Waals surface area contributed by atoms with Crippen LogP contribution < -0.4 is 0 Å². The minimum atomic E-state index is -0.952. The van der Waals surface area contributed by atoms with Crippen LogP contribution in [0.5, 0.6) is 0 Å². The number of aromatic amines is 1. The number of hydrogen-bond acceptors (Lipinski definition) is 3. The van der Waals surface area contributed by atoms with Crippen molar-refractivity contribution < 1.29 is 9.90 Å². The second-order valence-electron chi connectivity index (χ2n) is 3.09. The number of carboxylic acids is 1. The van der Waals surface area contributed by atoms with Gasteiger partial charge in [0.25, 0.3) is 0 Å². The number of thiazole rings is 1. The van der Waals surface area contributed by atoms with Crippen LogP contribution in [0.1, 0.15) is 22.4 Å². The Balaban J connectivity index is 2.32. The van der Waals surface area contributed by atoms with Gasteiger partial charge < -0.3 is 10.1 Å². The molecule has 0 amide bonds. The van der Waals surface area contributed by atoms with Crippen molar-refractivity contribution >= 4 is 17.3 Å². The first-order valence-electron chi connectivity index (χ1n) is 4.57. The number of aromatic carboxylic acids is 1. The van der Waals surface area contributed by atoms with Gasteiger partial charge in [0.05, 0.1) is 10.7 Å². The Morgan fingerprint density at radius 1 is 1.67 bits per heavy atom. The highest BCUT2D eigenvalue weighted by molar-refractivity contribution is 7.09. The number of aryl methyl sites for hydroxylation is 1. The molecule has 0 aliphatic heterocycles. The summed E-state index contributed by atoms with van der Waals surface area (Å²) in [5, 5.41) is 11.7. The van der Waals surface area contributed by atoms with E-state index in [1.54, 1.807) is 23.6 Å². The monoisotopic (exact) mass is 222 g/mol. The zero-order valence-electron chi connectivity index (χ0n) is 8.15. The molecule has 0 bridgehead atoms. The largest absolute Gasteiger partial charge is 0.477 e. The van der Waals surface area contributed by atoms with Crippen LogP contribution in [0.2, 0.25) is 0 Å². The van der Waals surface area contributed by atoms with E-state index in [1.165, 1.54) is 0 Å². The molecule has 2 aromatic heterocycles. The number of carboxylic acid groups (broad SMARTS) is 1. The van der Waals surface area contributed by atoms with Crippen molar-refractivity contribution in [3.8, 4) is 11.3 Å². The lowest BCUT2D eigenvalue weighted by atomic mass is 10.2. The van der Waals surface area contributed by atoms with Crippen molar-refractivity contribution in [3.05, 3.63) is 28.3 Å². The Kier molecular flexibility index (Phi) is 2.55. The number of H-pyrrole nitrogens is 1. The van der Waals surface area contributed by atoms with Crippen molar-refractivity contribution in [2.45, 2.75) is 13.3 Å². The van der Waals surface area contributed by atoms with E-state index in [9.17, 15) is 4.79 Å². The number of nitrogens with zero attached hydrogens (tertiary/aromatic N) is 1. The van der Waals surface area contributed by atoms with E-state index in [0.29, 0.717) is 0 Å². The van der Waals surface area contributed by atoms with Gasteiger partial charge in [-0.05, 0) is 12.5 Å². The maximum atomic E-state index is 10.7. The summed E-state index contributed by atoms with van der Waals surface area (Å²) in [7, 11) is 0. The molecule has 0 unspecified atom stereocenters. The van der Waals surface area contributed by atoms with Crippen LogP contribution >= 0.6 is 11.3 Å². The molecule has 2 heterocycles. The van der Waals surface area contributed by atoms with Gasteiger partial charge in [0, 0.05) is 17.1 Å². The van der Waals surface area contributed by atoms with Gasteiger partial charge in [0.15, 0.2) is 0 Å². The topological polar surface area (TPSA) is 66.0 Å². The van der Waals surface area contributed by atoms with E-state index in [0.717, 1.165) is 22.7 Å². The average Bonchev–Trinajstić information content (AvgIpc) is 2.86. The van der Waals surface area contributed by atoms with Crippen LogP contribution in [-0.4, -0.2) is 21.0 Å². The number of hydrogen-bond donors (Lipinski definition) is 2. The second kappa shape index (κ2) is 3.86. The molecule has 0 spiro atoms. The molecule has 0 fully saturated rings. The number of nitrogens with one attached hydrogen (secondary N) is 1. The first kappa shape index (κ1) is 9.92. The van der Waals surface area contributed by atoms with Crippen LogP contribution in [0.15, 0.2) is 17.6 Å². The fourth-order valence-electron chi connectivity index (χ4n) is 1.27. The van der Waals surface area contributed by atoms with E-state index in [1.807, 2.05) is 12.3 Å². The van der Waals surface area contributed by atoms with Crippen LogP contribution in [0.25, 0.3) is 11.3 Å². The summed E-state index contributed by atoms with van der Waals surface area (Å²) in [6, 6.07) is 1.59. The second-order valence-corrected chi connectivity index (χ2v) is 4.03. The maximum Gasteiger partial charge on any atom is 0.352 e. The summed E-state index contributed by atoms with van der Waals surface area (Å²) in [6.45, 7) is 2.04. The third-order valence-electron chi connectivity index (χ3n) is 2.06. The molecule has 2 aromatic rings. The van der Waals surface area contributed by atoms with Crippen LogP contribution in [0.4, 0.5) is 0 Å². The molecular formula is C10H10N2O2S. The SMILES string of the molecule is CCc1nc(-c2c[nH]c(C(=O)O)c2)cs1. The van der Waals surface area contributed by atoms with Gasteiger partial charge in [-0.1, -0.05) is 6.92 Å². The summed E-state index contributed by atoms with van der Waals surface area (Å²) >= 11 is 1.59. The Morgan fingerprint density at radius 3 is 3.00 bits per heavy atom. The molecule has 78 valence electrons. The molecule has 0 aliphatic carbocycles. The molecule has 0 aromatic carbocycles. The zero-order chi connectivity index (χ0) is 10.8. The van der Waals surface area contributed by atoms with E-state index in [4.69, 9.17) is 5.11 Å². The Hall–Kier alpha value is -1.62. The Bertz CT molecular complexity index is 487. The molecule has 0 saturated carbocycles. The summed E-state index contributed by atoms with van der Waals surface area (Å²) in [5.41, 5.74) is 1.85. The molecule has 0 radical (unpaired) electrons. The van der Waals surface area contributed by atoms with E-state index in [2.05, 4.69) is 9.97 Å². The van der Waals surface area contributed by atoms with Gasteiger partial charge in [0.2, 0.25) is 0 Å². The molecule has 2 rings (SSSR count). The molecule has 5 heteroatoms. The predicted molar refractivity (Wildman–Crippen MR) is 58.2 cm³/mol. The lowest BCUT2D eigenvalue weighted by Crippen LogP contribution is -1.94. The molecule has 0 saturated heterocycles. The number of carbonyl (C=O) groups is 1. The Morgan fingerprint density at radius 2 is 2.47 bits per heavy atom. The van der Waals surface area contributed by atoms with Crippen molar-refractivity contribution in [2.75, 3.05) is 0 Å². The Labute approximate surface area is 90.6 Å². The quantitative estimate of drug-likeness (QED) is 0.838. The lowest BCUT2D eigenvalue weighted by Gasteiger charge is -1.87. The fourth-order valence-corrected chi connectivity index (χ4v) is 2.03. The van der Waals surface area contributed by atoms with Gasteiger partial charge in [-0.15, -0.1) is 11.3 Å². The predicted octanol–water partition coefficient (Wildman–Crippen LogP) is 2.40. The summed E-state index contributed by atoms with van der Waals surface area (Å²) < 4.78 is 0. The number of aromatic nitrogens is 2. The smallest absolute Gasteiger partial charge is 0.352 e. The molecule has 0 aliphatic rings. The van der Waals surface area contributed by atoms with E-state index < -0.39 is 5.97 Å². The highest BCUT2D eigenvalue weighted by Gasteiger charge is 2.09. The van der Waals surface area contributed by atoms with Crippen LogP contribution in [-0.2, 0) is 6.42 Å². The number of rotatable bonds is 3. The molecule has 2 N–H and O–H groups in total. The normalized spacial score (nSPS) is 10.5. The van der Waals surface area contributed by atoms with Crippen molar-refractivity contribution in [1.82, 2.24) is 9.97 Å². The maximum absolute atomic E-state index is 10.7. The lowest BCUT2D eigenvalue weighted by molar-refractivity contribution is 0.0691. The molecule has 15 heavy (non-hydrogen) atoms. The first-order chi connectivity index (χ1) is 7.20. The summed E-state index contributed by atoms with van der Waals surface area (Å²) in [4.78, 5) is 17.7. The van der Waals surface area contributed by atoms with Gasteiger partial charge >= 0.3 is 5.97 Å². The highest BCUT2D eigenvalue weighted by Crippen LogP contribution is 2.22. The molecule has 0 atom stereocenters. The third-order valence-corrected chi connectivity index (χ3v) is 3.06. The van der Waals surface area contributed by atoms with Gasteiger partial charge in [0.1, 0.15) is 5.69 Å². The van der Waals surface area contributed by atoms with E-state index >= 15 is 0 Å². The minimum absolute atomic E-state index is 0.191. The van der Waals surface area contributed by atoms with E-state index in [-0.39, 0.29) is 5.69 Å². The summed E-state index contributed by atoms with van der Waals surface area (Å²) in [6.07, 6.45) is 2.57. The first-order valence-corrected chi connectivity index (χ1v) is 5.45. The van der Waals surface area contributed by atoms with Crippen molar-refractivity contribution in [2.24, 2.45) is 0 Å².